The number of halogens is 2. The van der Waals surface area contributed by atoms with Gasteiger partial charge in [0.25, 0.3) is 0 Å². The number of ether oxygens (including phenoxy) is 1. The molecular formula is C21H19Cl2NO3S2. The molecule has 4 nitrogen and oxygen atoms in total. The molecule has 0 spiro atoms. The van der Waals surface area contributed by atoms with Crippen molar-refractivity contribution < 1.29 is 13.2 Å². The molecule has 0 aliphatic rings. The Bertz CT molecular complexity index is 1040. The molecule has 29 heavy (non-hydrogen) atoms. The van der Waals surface area contributed by atoms with E-state index in [1.165, 1.54) is 12.1 Å². The summed E-state index contributed by atoms with van der Waals surface area (Å²) in [5.41, 5.74) is 0.970. The molecule has 0 aromatic heterocycles. The first-order valence-electron chi connectivity index (χ1n) is 8.78. The first-order chi connectivity index (χ1) is 13.9. The molecule has 0 fully saturated rings. The summed E-state index contributed by atoms with van der Waals surface area (Å²) < 4.78 is 33.2. The van der Waals surface area contributed by atoms with Crippen LogP contribution in [0.1, 0.15) is 5.56 Å². The molecule has 0 unspecified atom stereocenters. The lowest BCUT2D eigenvalue weighted by molar-refractivity contribution is 0.482. The minimum atomic E-state index is -3.57. The van der Waals surface area contributed by atoms with Crippen LogP contribution in [0.25, 0.3) is 0 Å². The van der Waals surface area contributed by atoms with Crippen LogP contribution in [0.15, 0.2) is 77.7 Å². The maximum Gasteiger partial charge on any atom is 0.240 e. The van der Waals surface area contributed by atoms with Crippen LogP contribution < -0.4 is 9.46 Å². The van der Waals surface area contributed by atoms with Crippen molar-refractivity contribution in [2.24, 2.45) is 0 Å². The van der Waals surface area contributed by atoms with E-state index in [9.17, 15) is 8.42 Å². The molecule has 0 saturated heterocycles. The smallest absolute Gasteiger partial charge is 0.240 e. The largest absolute Gasteiger partial charge is 0.457 e. The monoisotopic (exact) mass is 467 g/mol. The van der Waals surface area contributed by atoms with E-state index in [0.717, 1.165) is 5.56 Å². The molecule has 0 radical (unpaired) electrons. The van der Waals surface area contributed by atoms with Crippen molar-refractivity contribution in [1.82, 2.24) is 4.72 Å². The minimum Gasteiger partial charge on any atom is -0.457 e. The van der Waals surface area contributed by atoms with Gasteiger partial charge in [-0.15, -0.1) is 0 Å². The van der Waals surface area contributed by atoms with E-state index < -0.39 is 10.0 Å². The van der Waals surface area contributed by atoms with Crippen LogP contribution in [0.5, 0.6) is 11.5 Å². The van der Waals surface area contributed by atoms with Gasteiger partial charge in [0.2, 0.25) is 10.0 Å². The number of nitrogens with one attached hydrogen (secondary N) is 1. The van der Waals surface area contributed by atoms with Gasteiger partial charge in [0, 0.05) is 28.1 Å². The van der Waals surface area contributed by atoms with Crippen LogP contribution in [-0.2, 0) is 15.8 Å². The number of sulfonamides is 1. The first-order valence-corrected chi connectivity index (χ1v) is 12.2. The number of benzene rings is 3. The third-order valence-electron chi connectivity index (χ3n) is 3.92. The summed E-state index contributed by atoms with van der Waals surface area (Å²) in [6.07, 6.45) is 0. The Morgan fingerprint density at radius 2 is 1.59 bits per heavy atom. The van der Waals surface area contributed by atoms with E-state index >= 15 is 0 Å². The number of thioether (sulfide) groups is 1. The van der Waals surface area contributed by atoms with Crippen LogP contribution in [0.4, 0.5) is 0 Å². The molecule has 0 atom stereocenters. The topological polar surface area (TPSA) is 55.4 Å². The molecule has 0 amide bonds. The van der Waals surface area contributed by atoms with Gasteiger partial charge in [-0.2, -0.15) is 11.8 Å². The molecule has 0 saturated carbocycles. The summed E-state index contributed by atoms with van der Waals surface area (Å²) in [5, 5.41) is 1.21. The fourth-order valence-electron chi connectivity index (χ4n) is 2.46. The van der Waals surface area contributed by atoms with Gasteiger partial charge in [0.1, 0.15) is 11.5 Å². The highest BCUT2D eigenvalue weighted by Crippen LogP contribution is 2.25. The summed E-state index contributed by atoms with van der Waals surface area (Å²) >= 11 is 13.6. The van der Waals surface area contributed by atoms with Gasteiger partial charge in [-0.25, -0.2) is 13.1 Å². The van der Waals surface area contributed by atoms with Gasteiger partial charge in [-0.1, -0.05) is 47.5 Å². The molecule has 3 rings (SSSR count). The Morgan fingerprint density at radius 3 is 2.28 bits per heavy atom. The lowest BCUT2D eigenvalue weighted by atomic mass is 10.2. The van der Waals surface area contributed by atoms with Crippen LogP contribution in [0.2, 0.25) is 10.0 Å². The molecule has 0 aliphatic carbocycles. The predicted molar refractivity (Wildman–Crippen MR) is 121 cm³/mol. The van der Waals surface area contributed by atoms with Crippen LogP contribution in [0, 0.1) is 0 Å². The van der Waals surface area contributed by atoms with E-state index in [1.807, 2.05) is 36.4 Å². The van der Waals surface area contributed by atoms with E-state index in [0.29, 0.717) is 39.6 Å². The Labute approximate surface area is 185 Å². The fraction of sp³-hybridized carbons (Fsp3) is 0.143. The Morgan fingerprint density at radius 1 is 0.897 bits per heavy atom. The van der Waals surface area contributed by atoms with Crippen molar-refractivity contribution in [3.8, 4) is 11.5 Å². The molecule has 1 N–H and O–H groups in total. The standard InChI is InChI=1S/C21H19Cl2NO3S2/c22-17-7-6-16(21(23)14-17)15-28-13-12-24-29(25,26)20-10-8-19(9-11-20)27-18-4-2-1-3-5-18/h1-11,14,24H,12-13,15H2. The van der Waals surface area contributed by atoms with Crippen LogP contribution in [-0.4, -0.2) is 20.7 Å². The van der Waals surface area contributed by atoms with Gasteiger partial charge in [-0.05, 0) is 54.1 Å². The number of para-hydroxylation sites is 1. The molecule has 3 aromatic rings. The minimum absolute atomic E-state index is 0.198. The van der Waals surface area contributed by atoms with E-state index in [1.54, 1.807) is 36.0 Å². The molecule has 0 aliphatic heterocycles. The zero-order valence-corrected chi connectivity index (χ0v) is 18.5. The van der Waals surface area contributed by atoms with Crippen LogP contribution >= 0.6 is 35.0 Å². The summed E-state index contributed by atoms with van der Waals surface area (Å²) in [5.74, 6) is 2.57. The summed E-state index contributed by atoms with van der Waals surface area (Å²) in [4.78, 5) is 0.198. The summed E-state index contributed by atoms with van der Waals surface area (Å²) in [7, 11) is -3.57. The van der Waals surface area contributed by atoms with E-state index in [-0.39, 0.29) is 4.90 Å². The van der Waals surface area contributed by atoms with Crippen molar-refractivity contribution in [3.63, 3.8) is 0 Å². The van der Waals surface area contributed by atoms with Crippen molar-refractivity contribution >= 4 is 45.0 Å². The zero-order chi connectivity index (χ0) is 20.7. The summed E-state index contributed by atoms with van der Waals surface area (Å²) in [6.45, 7) is 0.320. The van der Waals surface area contributed by atoms with E-state index in [4.69, 9.17) is 27.9 Å². The van der Waals surface area contributed by atoms with Crippen molar-refractivity contribution in [3.05, 3.63) is 88.4 Å². The highest BCUT2D eigenvalue weighted by Gasteiger charge is 2.13. The van der Waals surface area contributed by atoms with Gasteiger partial charge in [-0.3, -0.25) is 0 Å². The number of hydrogen-bond acceptors (Lipinski definition) is 4. The second-order valence-electron chi connectivity index (χ2n) is 6.07. The average molecular weight is 468 g/mol. The SMILES string of the molecule is O=S(=O)(NCCSCc1ccc(Cl)cc1Cl)c1ccc(Oc2ccccc2)cc1. The molecule has 152 valence electrons. The average Bonchev–Trinajstić information content (AvgIpc) is 2.70. The van der Waals surface area contributed by atoms with Crippen molar-refractivity contribution in [2.45, 2.75) is 10.6 Å². The zero-order valence-electron chi connectivity index (χ0n) is 15.3. The van der Waals surface area contributed by atoms with Gasteiger partial charge in [0.15, 0.2) is 0 Å². The van der Waals surface area contributed by atoms with Gasteiger partial charge >= 0.3 is 0 Å². The highest BCUT2D eigenvalue weighted by molar-refractivity contribution is 7.98. The van der Waals surface area contributed by atoms with Crippen molar-refractivity contribution in [2.75, 3.05) is 12.3 Å². The van der Waals surface area contributed by atoms with Gasteiger partial charge < -0.3 is 4.74 Å². The van der Waals surface area contributed by atoms with Crippen molar-refractivity contribution in [1.29, 1.82) is 0 Å². The van der Waals surface area contributed by atoms with E-state index in [2.05, 4.69) is 4.72 Å². The predicted octanol–water partition coefficient (Wildman–Crippen LogP) is 6.00. The number of hydrogen-bond donors (Lipinski definition) is 1. The Balaban J connectivity index is 1.47. The first kappa shape index (κ1) is 22.0. The second kappa shape index (κ2) is 10.4. The molecule has 0 heterocycles. The lowest BCUT2D eigenvalue weighted by Crippen LogP contribution is -2.26. The van der Waals surface area contributed by atoms with Gasteiger partial charge in [0.05, 0.1) is 4.90 Å². The molecular weight excluding hydrogens is 449 g/mol. The third kappa shape index (κ3) is 6.66. The normalized spacial score (nSPS) is 11.4. The highest BCUT2D eigenvalue weighted by atomic mass is 35.5. The second-order valence-corrected chi connectivity index (χ2v) is 9.79. The number of rotatable bonds is 9. The fourth-order valence-corrected chi connectivity index (χ4v) is 5.04. The molecule has 8 heteroatoms. The maximum absolute atomic E-state index is 12.4. The summed E-state index contributed by atoms with van der Waals surface area (Å²) in [6, 6.07) is 21.0. The van der Waals surface area contributed by atoms with Crippen LogP contribution in [0.3, 0.4) is 0 Å². The maximum atomic E-state index is 12.4. The quantitative estimate of drug-likeness (QED) is 0.392. The molecule has 3 aromatic carbocycles. The Kier molecular flexibility index (Phi) is 7.86. The third-order valence-corrected chi connectivity index (χ3v) is 7.00. The Hall–Kier alpha value is -1.70. The lowest BCUT2D eigenvalue weighted by Gasteiger charge is -2.09. The molecule has 0 bridgehead atoms.